The summed E-state index contributed by atoms with van der Waals surface area (Å²) in [6.45, 7) is 9.77. The van der Waals surface area contributed by atoms with Gasteiger partial charge in [-0.1, -0.05) is 49.0 Å². The van der Waals surface area contributed by atoms with Gasteiger partial charge in [0.05, 0.1) is 24.7 Å². The Hall–Kier alpha value is -5.86. The first-order chi connectivity index (χ1) is 22.5. The highest BCUT2D eigenvalue weighted by atomic mass is 35.5. The van der Waals surface area contributed by atoms with Gasteiger partial charge >= 0.3 is 24.1 Å². The van der Waals surface area contributed by atoms with Gasteiger partial charge in [-0.05, 0) is 71.8 Å². The van der Waals surface area contributed by atoms with Crippen LogP contribution in [0.25, 0.3) is 32.7 Å². The zero-order valence-electron chi connectivity index (χ0n) is 25.6. The molecule has 4 aromatic rings. The Morgan fingerprint density at radius 1 is 0.723 bits per heavy atom. The van der Waals surface area contributed by atoms with E-state index in [9.17, 15) is 24.4 Å². The van der Waals surface area contributed by atoms with Gasteiger partial charge in [-0.25, -0.2) is 19.2 Å². The van der Waals surface area contributed by atoms with E-state index in [1.54, 1.807) is 60.7 Å². The molecule has 0 radical (unpaired) electrons. The number of benzene rings is 4. The van der Waals surface area contributed by atoms with Gasteiger partial charge in [0.1, 0.15) is 24.7 Å². The number of rotatable bonds is 11. The third-order valence-corrected chi connectivity index (χ3v) is 6.85. The van der Waals surface area contributed by atoms with Crippen molar-refractivity contribution < 1.29 is 38.1 Å². The van der Waals surface area contributed by atoms with Gasteiger partial charge in [-0.15, -0.1) is 0 Å². The highest BCUT2D eigenvalue weighted by molar-refractivity contribution is 6.31. The number of nitriles is 1. The molecule has 47 heavy (non-hydrogen) atoms. The van der Waals surface area contributed by atoms with Crippen molar-refractivity contribution in [3.63, 3.8) is 0 Å². The van der Waals surface area contributed by atoms with Crippen LogP contribution >= 0.6 is 11.6 Å². The van der Waals surface area contributed by atoms with Gasteiger partial charge in [0, 0.05) is 27.3 Å². The van der Waals surface area contributed by atoms with Crippen molar-refractivity contribution in [1.29, 1.82) is 5.26 Å². The Labute approximate surface area is 275 Å². The minimum Gasteiger partial charge on any atom is -0.460 e. The smallest absolute Gasteiger partial charge is 0.412 e. The van der Waals surface area contributed by atoms with E-state index in [1.807, 2.05) is 0 Å². The molecule has 2 N–H and O–H groups in total. The van der Waals surface area contributed by atoms with Crippen LogP contribution in [0.1, 0.15) is 19.4 Å². The van der Waals surface area contributed by atoms with Gasteiger partial charge in [0.15, 0.2) is 0 Å². The second-order valence-electron chi connectivity index (χ2n) is 10.3. The Morgan fingerprint density at radius 3 is 1.66 bits per heavy atom. The maximum absolute atomic E-state index is 12.9. The third kappa shape index (κ3) is 8.65. The van der Waals surface area contributed by atoms with Crippen molar-refractivity contribution in [3.8, 4) is 28.7 Å². The molecule has 0 unspecified atom stereocenters. The second-order valence-corrected chi connectivity index (χ2v) is 10.7. The normalized spacial score (nSPS) is 10.4. The van der Waals surface area contributed by atoms with Gasteiger partial charge in [0.2, 0.25) is 0 Å². The summed E-state index contributed by atoms with van der Waals surface area (Å²) < 4.78 is 21.6. The van der Waals surface area contributed by atoms with Crippen LogP contribution in [-0.2, 0) is 19.1 Å². The van der Waals surface area contributed by atoms with Crippen LogP contribution in [-0.4, -0.2) is 50.4 Å². The predicted octanol–water partition coefficient (Wildman–Crippen LogP) is 6.60. The van der Waals surface area contributed by atoms with Crippen molar-refractivity contribution in [3.05, 3.63) is 95.6 Å². The second kappa shape index (κ2) is 15.4. The minimum absolute atomic E-state index is 0.0300. The lowest BCUT2D eigenvalue weighted by Gasteiger charge is -2.19. The number of esters is 2. The summed E-state index contributed by atoms with van der Waals surface area (Å²) in [5, 5.41) is 17.6. The average molecular weight is 656 g/mol. The molecule has 12 heteroatoms. The molecule has 0 heterocycles. The number of hydrogen-bond acceptors (Lipinski definition) is 9. The van der Waals surface area contributed by atoms with Crippen LogP contribution in [0, 0.1) is 11.3 Å². The summed E-state index contributed by atoms with van der Waals surface area (Å²) in [6, 6.07) is 18.8. The third-order valence-electron chi connectivity index (χ3n) is 6.62. The van der Waals surface area contributed by atoms with E-state index in [0.29, 0.717) is 43.3 Å². The van der Waals surface area contributed by atoms with Crippen molar-refractivity contribution in [2.75, 3.05) is 26.3 Å². The van der Waals surface area contributed by atoms with Crippen LogP contribution in [0.5, 0.6) is 11.5 Å². The topological polar surface area (TPSA) is 153 Å². The largest absolute Gasteiger partial charge is 0.460 e. The van der Waals surface area contributed by atoms with E-state index in [-0.39, 0.29) is 48.9 Å². The molecule has 0 fully saturated rings. The van der Waals surface area contributed by atoms with Crippen molar-refractivity contribution in [1.82, 2.24) is 10.6 Å². The van der Waals surface area contributed by atoms with Crippen LogP contribution in [0.15, 0.2) is 85.0 Å². The van der Waals surface area contributed by atoms with Gasteiger partial charge < -0.3 is 29.6 Å². The zero-order valence-corrected chi connectivity index (χ0v) is 26.4. The first kappa shape index (κ1) is 34.0. The lowest BCUT2D eigenvalue weighted by Crippen LogP contribution is -2.31. The number of carbonyl (C=O) groups excluding carboxylic acids is 4. The van der Waals surface area contributed by atoms with Crippen LogP contribution in [0.4, 0.5) is 9.59 Å². The molecule has 0 atom stereocenters. The number of carbonyl (C=O) groups is 4. The Kier molecular flexibility index (Phi) is 11.2. The first-order valence-electron chi connectivity index (χ1n) is 14.2. The zero-order chi connectivity index (χ0) is 34.1. The average Bonchev–Trinajstić information content (AvgIpc) is 3.04. The molecule has 0 aliphatic heterocycles. The Bertz CT molecular complexity index is 1960. The van der Waals surface area contributed by atoms with Gasteiger partial charge in [-0.2, -0.15) is 5.26 Å². The molecular weight excluding hydrogens is 626 g/mol. The lowest BCUT2D eigenvalue weighted by atomic mass is 9.91. The van der Waals surface area contributed by atoms with Gasteiger partial charge in [0.25, 0.3) is 0 Å². The van der Waals surface area contributed by atoms with Crippen LogP contribution < -0.4 is 20.1 Å². The summed E-state index contributed by atoms with van der Waals surface area (Å²) >= 11 is 6.30. The molecule has 2 amide bonds. The van der Waals surface area contributed by atoms with E-state index >= 15 is 0 Å². The standard InChI is InChI=1S/C35H30ClN3O8/c1-20(2)32(40)44-15-13-38-34(42)46-28-11-6-23-17-22(19-37)5-9-26(23)30(28)31-27-10-8-25(36)18-24(27)7-12-29(31)47-35(43)39-14-16-45-33(41)21(3)4/h5-12,17-18H,1,3,13-16H2,2,4H3,(H,38,42)(H,39,43). The molecule has 0 spiro atoms. The van der Waals surface area contributed by atoms with Crippen LogP contribution in [0.3, 0.4) is 0 Å². The van der Waals surface area contributed by atoms with E-state index in [1.165, 1.54) is 13.8 Å². The molecule has 0 aliphatic rings. The van der Waals surface area contributed by atoms with E-state index < -0.39 is 24.1 Å². The van der Waals surface area contributed by atoms with E-state index in [4.69, 9.17) is 30.5 Å². The Morgan fingerprint density at radius 2 is 1.19 bits per heavy atom. The molecule has 0 aliphatic carbocycles. The summed E-state index contributed by atoms with van der Waals surface area (Å²) in [6.07, 6.45) is -1.67. The SMILES string of the molecule is C=C(C)C(=O)OCCNC(=O)Oc1ccc2cc(Cl)ccc2c1-c1c(OC(=O)NCCOC(=O)C(=C)C)ccc2cc(C#N)ccc12. The fourth-order valence-corrected chi connectivity index (χ4v) is 4.64. The highest BCUT2D eigenvalue weighted by Gasteiger charge is 2.22. The molecule has 0 saturated carbocycles. The molecule has 11 nitrogen and oxygen atoms in total. The van der Waals surface area contributed by atoms with Crippen molar-refractivity contribution in [2.24, 2.45) is 0 Å². The summed E-state index contributed by atoms with van der Waals surface area (Å²) in [4.78, 5) is 49.2. The number of fused-ring (bicyclic) bond motifs is 2. The maximum Gasteiger partial charge on any atom is 0.412 e. The fourth-order valence-electron chi connectivity index (χ4n) is 4.46. The predicted molar refractivity (Wildman–Crippen MR) is 176 cm³/mol. The minimum atomic E-state index is -0.835. The number of ether oxygens (including phenoxy) is 4. The quantitative estimate of drug-likeness (QED) is 0.103. The summed E-state index contributed by atoms with van der Waals surface area (Å²) in [5.41, 5.74) is 1.65. The van der Waals surface area contributed by atoms with Crippen LogP contribution in [0.2, 0.25) is 5.02 Å². The lowest BCUT2D eigenvalue weighted by molar-refractivity contribution is -0.139. The molecule has 0 saturated heterocycles. The Balaban J connectivity index is 1.74. The summed E-state index contributed by atoms with van der Waals surface area (Å²) in [7, 11) is 0. The number of nitrogens with zero attached hydrogens (tertiary/aromatic N) is 1. The van der Waals surface area contributed by atoms with E-state index in [0.717, 1.165) is 0 Å². The molecule has 4 aromatic carbocycles. The van der Waals surface area contributed by atoms with Gasteiger partial charge in [-0.3, -0.25) is 0 Å². The number of amides is 2. The molecule has 4 rings (SSSR count). The maximum atomic E-state index is 12.9. The van der Waals surface area contributed by atoms with E-state index in [2.05, 4.69) is 29.9 Å². The highest BCUT2D eigenvalue weighted by Crippen LogP contribution is 2.46. The van der Waals surface area contributed by atoms with Crippen molar-refractivity contribution >= 4 is 57.3 Å². The molecule has 240 valence electrons. The number of halogens is 1. The first-order valence-corrected chi connectivity index (χ1v) is 14.6. The monoisotopic (exact) mass is 655 g/mol. The molecule has 0 aromatic heterocycles. The number of nitrogens with one attached hydrogen (secondary N) is 2. The van der Waals surface area contributed by atoms with Crippen molar-refractivity contribution in [2.45, 2.75) is 13.8 Å². The fraction of sp³-hybridized carbons (Fsp3) is 0.171. The molecular formula is C35H30ClN3O8. The molecule has 0 bridgehead atoms. The number of hydrogen-bond donors (Lipinski definition) is 2. The summed E-state index contributed by atoms with van der Waals surface area (Å²) in [5.74, 6) is -0.951.